The molecule has 1 heterocycles. The Kier molecular flexibility index (Phi) is 6.64. The van der Waals surface area contributed by atoms with Crippen LogP contribution in [0.2, 0.25) is 5.02 Å². The number of thiocarbonyl (C=S) groups is 1. The second kappa shape index (κ2) is 9.18. The number of nitrogens with one attached hydrogen (secondary N) is 1. The van der Waals surface area contributed by atoms with Crippen LogP contribution < -0.4 is 15.0 Å². The summed E-state index contributed by atoms with van der Waals surface area (Å²) in [4.78, 5) is 0.290. The number of benzene rings is 2. The molecular weight excluding hydrogens is 404 g/mol. The first-order valence-electron chi connectivity index (χ1n) is 9.07. The van der Waals surface area contributed by atoms with E-state index in [0.717, 1.165) is 16.8 Å². The third-order valence-corrected chi connectivity index (χ3v) is 5.24. The molecule has 6 heteroatoms. The van der Waals surface area contributed by atoms with E-state index in [1.54, 1.807) is 53.4 Å². The van der Waals surface area contributed by atoms with Crippen molar-refractivity contribution >= 4 is 46.0 Å². The lowest BCUT2D eigenvalue weighted by Crippen LogP contribution is -2.40. The molecule has 1 aromatic heterocycles. The van der Waals surface area contributed by atoms with Crippen LogP contribution >= 0.6 is 23.8 Å². The van der Waals surface area contributed by atoms with Gasteiger partial charge >= 0.3 is 0 Å². The van der Waals surface area contributed by atoms with E-state index in [4.69, 9.17) is 23.8 Å². The minimum absolute atomic E-state index is 0.138. The number of pyridine rings is 1. The second-order valence-corrected chi connectivity index (χ2v) is 7.51. The molecule has 0 radical (unpaired) electrons. The lowest BCUT2D eigenvalue weighted by Gasteiger charge is -2.18. The molecule has 0 spiro atoms. The summed E-state index contributed by atoms with van der Waals surface area (Å²) in [7, 11) is 0. The monoisotopic (exact) mass is 424 g/mol. The number of aryl methyl sites for hydroxylation is 1. The molecule has 2 N–H and O–H groups in total. The van der Waals surface area contributed by atoms with Crippen molar-refractivity contribution in [2.75, 3.05) is 5.32 Å². The van der Waals surface area contributed by atoms with E-state index in [1.165, 1.54) is 0 Å². The van der Waals surface area contributed by atoms with Gasteiger partial charge in [-0.1, -0.05) is 48.1 Å². The van der Waals surface area contributed by atoms with Crippen LogP contribution in [0.15, 0.2) is 67.0 Å². The molecule has 0 amide bonds. The largest absolute Gasteiger partial charge is 0.867 e. The average molecular weight is 425 g/mol. The molecule has 3 aromatic rings. The van der Waals surface area contributed by atoms with Crippen molar-refractivity contribution in [1.82, 2.24) is 0 Å². The maximum atomic E-state index is 13.3. The van der Waals surface area contributed by atoms with Crippen molar-refractivity contribution in [3.63, 3.8) is 0 Å². The number of hydrogen-bond donors (Lipinski definition) is 2. The van der Waals surface area contributed by atoms with Gasteiger partial charge in [0.1, 0.15) is 0 Å². The van der Waals surface area contributed by atoms with E-state index in [1.807, 2.05) is 32.0 Å². The number of aliphatic hydroxyl groups excluding tert-OH is 1. The van der Waals surface area contributed by atoms with Gasteiger partial charge in [0, 0.05) is 22.3 Å². The Bertz CT molecular complexity index is 1080. The number of aliphatic hydroxyl groups is 1. The normalized spacial score (nSPS) is 11.7. The van der Waals surface area contributed by atoms with Crippen molar-refractivity contribution in [2.45, 2.75) is 20.5 Å². The highest BCUT2D eigenvalue weighted by Gasteiger charge is 2.20. The van der Waals surface area contributed by atoms with Crippen molar-refractivity contribution in [3.05, 3.63) is 94.3 Å². The van der Waals surface area contributed by atoms with E-state index in [2.05, 4.69) is 5.32 Å². The minimum Gasteiger partial charge on any atom is -0.867 e. The molecule has 0 saturated carbocycles. The van der Waals surface area contributed by atoms with E-state index in [0.29, 0.717) is 26.8 Å². The summed E-state index contributed by atoms with van der Waals surface area (Å²) in [5.41, 5.74) is 4.45. The van der Waals surface area contributed by atoms with Crippen LogP contribution in [-0.2, 0) is 6.61 Å². The highest BCUT2D eigenvalue weighted by molar-refractivity contribution is 7.81. The smallest absolute Gasteiger partial charge is 0.238 e. The zero-order valence-electron chi connectivity index (χ0n) is 16.1. The van der Waals surface area contributed by atoms with Crippen molar-refractivity contribution in [3.8, 4) is 0 Å². The maximum Gasteiger partial charge on any atom is 0.238 e. The van der Waals surface area contributed by atoms with E-state index in [9.17, 15) is 10.2 Å². The van der Waals surface area contributed by atoms with Gasteiger partial charge < -0.3 is 15.5 Å². The van der Waals surface area contributed by atoms with E-state index in [-0.39, 0.29) is 12.4 Å². The molecule has 0 unspecified atom stereocenters. The highest BCUT2D eigenvalue weighted by Crippen LogP contribution is 2.22. The third kappa shape index (κ3) is 4.82. The van der Waals surface area contributed by atoms with Gasteiger partial charge in [0.15, 0.2) is 17.4 Å². The molecule has 0 aliphatic rings. The Hall–Kier alpha value is -2.73. The number of rotatable bonds is 5. The lowest BCUT2D eigenvalue weighted by molar-refractivity contribution is -0.578. The van der Waals surface area contributed by atoms with Gasteiger partial charge in [-0.05, 0) is 60.6 Å². The first-order valence-corrected chi connectivity index (χ1v) is 9.85. The molecule has 0 aliphatic carbocycles. The molecule has 4 nitrogen and oxygen atoms in total. The van der Waals surface area contributed by atoms with Crippen LogP contribution in [0, 0.1) is 13.8 Å². The molecule has 0 bridgehead atoms. The Morgan fingerprint density at radius 1 is 1.10 bits per heavy atom. The van der Waals surface area contributed by atoms with Crippen LogP contribution in [0.1, 0.15) is 22.3 Å². The SMILES string of the molecule is Cc1cccc(NC(=S)/C(=C(\[O-])c2ccc(Cl)cc2)[n+]2cccc(CO)c2)c1C. The van der Waals surface area contributed by atoms with Crippen LogP contribution in [-0.4, -0.2) is 10.1 Å². The molecule has 0 saturated heterocycles. The summed E-state index contributed by atoms with van der Waals surface area (Å²) in [5.74, 6) is -0.246. The standard InChI is InChI=1S/C23H21ClN2O2S/c1-15-5-3-7-20(16(15)2)25-23(29)21(26-12-4-6-17(13-26)14-27)22(28)18-8-10-19(24)11-9-18/h3-13,27H,14H2,1-2H3,(H-,25,28,29). The van der Waals surface area contributed by atoms with Gasteiger partial charge in [0.05, 0.1) is 6.61 Å². The maximum absolute atomic E-state index is 13.3. The number of hydrogen-bond acceptors (Lipinski definition) is 3. The van der Waals surface area contributed by atoms with Crippen LogP contribution in [0.5, 0.6) is 0 Å². The summed E-state index contributed by atoms with van der Waals surface area (Å²) in [6.45, 7) is 3.88. The summed E-state index contributed by atoms with van der Waals surface area (Å²) in [6.07, 6.45) is 3.43. The lowest BCUT2D eigenvalue weighted by atomic mass is 10.1. The molecular formula is C23H21ClN2O2S. The molecule has 2 aromatic carbocycles. The Labute approximate surface area is 180 Å². The number of aromatic nitrogens is 1. The zero-order chi connectivity index (χ0) is 21.0. The molecule has 3 rings (SSSR count). The van der Waals surface area contributed by atoms with Gasteiger partial charge in [0.25, 0.3) is 0 Å². The first kappa shape index (κ1) is 21.0. The quantitative estimate of drug-likeness (QED) is 0.282. The average Bonchev–Trinajstić information content (AvgIpc) is 2.72. The van der Waals surface area contributed by atoms with Gasteiger partial charge in [0.2, 0.25) is 5.70 Å². The predicted molar refractivity (Wildman–Crippen MR) is 119 cm³/mol. The predicted octanol–water partition coefficient (Wildman–Crippen LogP) is 3.86. The van der Waals surface area contributed by atoms with Crippen molar-refractivity contribution in [2.24, 2.45) is 0 Å². The van der Waals surface area contributed by atoms with Gasteiger partial charge in [-0.25, -0.2) is 0 Å². The minimum atomic E-state index is -0.246. The highest BCUT2D eigenvalue weighted by atomic mass is 35.5. The first-order chi connectivity index (χ1) is 13.9. The third-order valence-electron chi connectivity index (χ3n) is 4.69. The van der Waals surface area contributed by atoms with Crippen LogP contribution in [0.4, 0.5) is 5.69 Å². The van der Waals surface area contributed by atoms with E-state index < -0.39 is 0 Å². The number of halogens is 1. The van der Waals surface area contributed by atoms with Crippen molar-refractivity contribution in [1.29, 1.82) is 0 Å². The van der Waals surface area contributed by atoms with Gasteiger partial charge in [-0.15, -0.1) is 0 Å². The topological polar surface area (TPSA) is 59.2 Å². The molecule has 0 fully saturated rings. The Balaban J connectivity index is 2.11. The van der Waals surface area contributed by atoms with Crippen molar-refractivity contribution < 1.29 is 14.8 Å². The summed E-state index contributed by atoms with van der Waals surface area (Å²) in [5, 5.41) is 26.6. The Morgan fingerprint density at radius 3 is 2.52 bits per heavy atom. The number of anilines is 1. The molecule has 0 aliphatic heterocycles. The molecule has 148 valence electrons. The van der Waals surface area contributed by atoms with Gasteiger partial charge in [-0.2, -0.15) is 4.57 Å². The fourth-order valence-corrected chi connectivity index (χ4v) is 3.33. The Morgan fingerprint density at radius 2 is 1.83 bits per heavy atom. The van der Waals surface area contributed by atoms with Crippen LogP contribution in [0.25, 0.3) is 11.5 Å². The second-order valence-electron chi connectivity index (χ2n) is 6.66. The molecule has 29 heavy (non-hydrogen) atoms. The van der Waals surface area contributed by atoms with E-state index >= 15 is 0 Å². The molecule has 0 atom stereocenters. The zero-order valence-corrected chi connectivity index (χ0v) is 17.7. The number of nitrogens with zero attached hydrogens (tertiary/aromatic N) is 1. The summed E-state index contributed by atoms with van der Waals surface area (Å²) in [6, 6.07) is 16.1. The summed E-state index contributed by atoms with van der Waals surface area (Å²) >= 11 is 11.6. The summed E-state index contributed by atoms with van der Waals surface area (Å²) < 4.78 is 1.64. The fourth-order valence-electron chi connectivity index (χ4n) is 2.90. The van der Waals surface area contributed by atoms with Crippen LogP contribution in [0.3, 0.4) is 0 Å². The van der Waals surface area contributed by atoms with Gasteiger partial charge in [-0.3, -0.25) is 0 Å². The fraction of sp³-hybridized carbons (Fsp3) is 0.130.